The summed E-state index contributed by atoms with van der Waals surface area (Å²) >= 11 is 5.97. The molecule has 112 valence electrons. The standard InChI is InChI=1S/C15H16ClNO3S/c1-11-6-8-12(9-7-11)21(19,20)17-10-15(18)13-4-2-3-5-14(13)16/h2-9,15,17-18H,10H2,1H3. The van der Waals surface area contributed by atoms with Crippen molar-refractivity contribution in [3.63, 3.8) is 0 Å². The Bertz CT molecular complexity index is 714. The summed E-state index contributed by atoms with van der Waals surface area (Å²) in [5, 5.41) is 10.4. The average Bonchev–Trinajstić information content (AvgIpc) is 2.46. The molecule has 2 aromatic rings. The second-order valence-corrected chi connectivity index (χ2v) is 6.88. The normalized spacial score (nSPS) is 13.1. The van der Waals surface area contributed by atoms with E-state index in [0.717, 1.165) is 5.56 Å². The van der Waals surface area contributed by atoms with E-state index in [9.17, 15) is 13.5 Å². The molecule has 0 aliphatic heterocycles. The van der Waals surface area contributed by atoms with Crippen LogP contribution in [-0.4, -0.2) is 20.1 Å². The number of halogens is 1. The quantitative estimate of drug-likeness (QED) is 0.888. The van der Waals surface area contributed by atoms with Crippen molar-refractivity contribution in [3.05, 3.63) is 64.7 Å². The van der Waals surface area contributed by atoms with Crippen LogP contribution in [0.15, 0.2) is 53.4 Å². The van der Waals surface area contributed by atoms with Crippen molar-refractivity contribution in [2.45, 2.75) is 17.9 Å². The lowest BCUT2D eigenvalue weighted by Crippen LogP contribution is -2.28. The van der Waals surface area contributed by atoms with E-state index < -0.39 is 16.1 Å². The monoisotopic (exact) mass is 325 g/mol. The van der Waals surface area contributed by atoms with E-state index in [1.54, 1.807) is 36.4 Å². The van der Waals surface area contributed by atoms with Gasteiger partial charge in [0.1, 0.15) is 0 Å². The van der Waals surface area contributed by atoms with Crippen LogP contribution >= 0.6 is 11.6 Å². The minimum absolute atomic E-state index is 0.139. The zero-order valence-electron chi connectivity index (χ0n) is 11.5. The molecule has 0 aliphatic carbocycles. The molecule has 0 fully saturated rings. The van der Waals surface area contributed by atoms with E-state index in [4.69, 9.17) is 11.6 Å². The van der Waals surface area contributed by atoms with Crippen molar-refractivity contribution in [2.75, 3.05) is 6.54 Å². The number of nitrogens with one attached hydrogen (secondary N) is 1. The van der Waals surface area contributed by atoms with Crippen molar-refractivity contribution < 1.29 is 13.5 Å². The molecule has 1 unspecified atom stereocenters. The molecule has 0 spiro atoms. The summed E-state index contributed by atoms with van der Waals surface area (Å²) < 4.78 is 26.6. The maximum atomic E-state index is 12.1. The van der Waals surface area contributed by atoms with Gasteiger partial charge in [0.2, 0.25) is 10.0 Å². The zero-order chi connectivity index (χ0) is 15.5. The Kier molecular flexibility index (Phi) is 5.00. The molecular formula is C15H16ClNO3S. The van der Waals surface area contributed by atoms with Crippen LogP contribution < -0.4 is 4.72 Å². The first kappa shape index (κ1) is 16.0. The lowest BCUT2D eigenvalue weighted by atomic mass is 10.1. The second kappa shape index (κ2) is 6.58. The van der Waals surface area contributed by atoms with Crippen molar-refractivity contribution in [3.8, 4) is 0 Å². The van der Waals surface area contributed by atoms with Crippen LogP contribution in [0.4, 0.5) is 0 Å². The summed E-state index contributed by atoms with van der Waals surface area (Å²) in [4.78, 5) is 0.166. The van der Waals surface area contributed by atoms with Gasteiger partial charge in [-0.25, -0.2) is 13.1 Å². The van der Waals surface area contributed by atoms with Crippen LogP contribution in [0.2, 0.25) is 5.02 Å². The van der Waals surface area contributed by atoms with Crippen molar-refractivity contribution in [1.82, 2.24) is 4.72 Å². The van der Waals surface area contributed by atoms with Gasteiger partial charge >= 0.3 is 0 Å². The Morgan fingerprint density at radius 3 is 2.38 bits per heavy atom. The maximum absolute atomic E-state index is 12.1. The maximum Gasteiger partial charge on any atom is 0.240 e. The molecule has 0 aliphatic rings. The molecule has 0 saturated heterocycles. The van der Waals surface area contributed by atoms with E-state index in [0.29, 0.717) is 10.6 Å². The zero-order valence-corrected chi connectivity index (χ0v) is 13.0. The number of aliphatic hydroxyl groups is 1. The van der Waals surface area contributed by atoms with Gasteiger partial charge in [-0.2, -0.15) is 0 Å². The molecule has 0 amide bonds. The van der Waals surface area contributed by atoms with Crippen molar-refractivity contribution >= 4 is 21.6 Å². The molecule has 2 aromatic carbocycles. The lowest BCUT2D eigenvalue weighted by molar-refractivity contribution is 0.182. The molecule has 0 radical (unpaired) electrons. The molecule has 2 rings (SSSR count). The van der Waals surface area contributed by atoms with Crippen LogP contribution in [0.1, 0.15) is 17.2 Å². The highest BCUT2D eigenvalue weighted by Gasteiger charge is 2.17. The highest BCUT2D eigenvalue weighted by atomic mass is 35.5. The summed E-state index contributed by atoms with van der Waals surface area (Å²) in [5.41, 5.74) is 1.47. The number of benzene rings is 2. The van der Waals surface area contributed by atoms with Gasteiger partial charge in [-0.1, -0.05) is 47.5 Å². The van der Waals surface area contributed by atoms with Crippen molar-refractivity contribution in [1.29, 1.82) is 0 Å². The molecule has 6 heteroatoms. The van der Waals surface area contributed by atoms with E-state index in [2.05, 4.69) is 4.72 Å². The van der Waals surface area contributed by atoms with Gasteiger partial charge in [-0.15, -0.1) is 0 Å². The molecule has 4 nitrogen and oxygen atoms in total. The topological polar surface area (TPSA) is 66.4 Å². The fourth-order valence-electron chi connectivity index (χ4n) is 1.84. The summed E-state index contributed by atoms with van der Waals surface area (Å²) in [6.07, 6.45) is -1.00. The first-order valence-corrected chi connectivity index (χ1v) is 8.25. The minimum Gasteiger partial charge on any atom is -0.387 e. The van der Waals surface area contributed by atoms with E-state index in [1.165, 1.54) is 12.1 Å². The van der Waals surface area contributed by atoms with Crippen LogP contribution in [-0.2, 0) is 10.0 Å². The van der Waals surface area contributed by atoms with Crippen LogP contribution in [0.25, 0.3) is 0 Å². The van der Waals surface area contributed by atoms with Gasteiger partial charge in [0, 0.05) is 17.1 Å². The number of hydrogen-bond acceptors (Lipinski definition) is 3. The number of hydrogen-bond donors (Lipinski definition) is 2. The Labute approximate surface area is 129 Å². The van der Waals surface area contributed by atoms with Crippen LogP contribution in [0.5, 0.6) is 0 Å². The average molecular weight is 326 g/mol. The minimum atomic E-state index is -3.65. The third-order valence-electron chi connectivity index (χ3n) is 3.06. The van der Waals surface area contributed by atoms with Gasteiger partial charge in [0.15, 0.2) is 0 Å². The number of aliphatic hydroxyl groups excluding tert-OH is 1. The summed E-state index contributed by atoms with van der Waals surface area (Å²) in [7, 11) is -3.65. The highest BCUT2D eigenvalue weighted by molar-refractivity contribution is 7.89. The third-order valence-corrected chi connectivity index (χ3v) is 4.85. The molecular weight excluding hydrogens is 310 g/mol. The Balaban J connectivity index is 2.08. The molecule has 0 aromatic heterocycles. The largest absolute Gasteiger partial charge is 0.387 e. The fraction of sp³-hybridized carbons (Fsp3) is 0.200. The predicted octanol–water partition coefficient (Wildman–Crippen LogP) is 2.66. The summed E-state index contributed by atoms with van der Waals surface area (Å²) in [5.74, 6) is 0. The molecule has 0 bridgehead atoms. The molecule has 1 atom stereocenters. The SMILES string of the molecule is Cc1ccc(S(=O)(=O)NCC(O)c2ccccc2Cl)cc1. The van der Waals surface area contributed by atoms with Crippen molar-refractivity contribution in [2.24, 2.45) is 0 Å². The summed E-state index contributed by atoms with van der Waals surface area (Å²) in [6, 6.07) is 13.3. The lowest BCUT2D eigenvalue weighted by Gasteiger charge is -2.14. The van der Waals surface area contributed by atoms with Gasteiger partial charge in [-0.3, -0.25) is 0 Å². The second-order valence-electron chi connectivity index (χ2n) is 4.70. The predicted molar refractivity (Wildman–Crippen MR) is 82.8 cm³/mol. The summed E-state index contributed by atoms with van der Waals surface area (Å²) in [6.45, 7) is 1.74. The Morgan fingerprint density at radius 1 is 1.14 bits per heavy atom. The molecule has 2 N–H and O–H groups in total. The van der Waals surface area contributed by atoms with Gasteiger partial charge in [-0.05, 0) is 25.1 Å². The number of sulfonamides is 1. The van der Waals surface area contributed by atoms with Crippen LogP contribution in [0.3, 0.4) is 0 Å². The third kappa shape index (κ3) is 4.04. The van der Waals surface area contributed by atoms with Gasteiger partial charge in [0.25, 0.3) is 0 Å². The van der Waals surface area contributed by atoms with Crippen LogP contribution in [0, 0.1) is 6.92 Å². The Hall–Kier alpha value is -1.40. The molecule has 21 heavy (non-hydrogen) atoms. The first-order chi connectivity index (χ1) is 9.90. The smallest absolute Gasteiger partial charge is 0.240 e. The number of rotatable bonds is 5. The Morgan fingerprint density at radius 2 is 1.76 bits per heavy atom. The van der Waals surface area contributed by atoms with E-state index in [1.807, 2.05) is 6.92 Å². The molecule has 0 saturated carbocycles. The fourth-order valence-corrected chi connectivity index (χ4v) is 3.14. The first-order valence-electron chi connectivity index (χ1n) is 6.39. The molecule has 0 heterocycles. The van der Waals surface area contributed by atoms with E-state index >= 15 is 0 Å². The van der Waals surface area contributed by atoms with Gasteiger partial charge in [0.05, 0.1) is 11.0 Å². The van der Waals surface area contributed by atoms with E-state index in [-0.39, 0.29) is 11.4 Å². The highest BCUT2D eigenvalue weighted by Crippen LogP contribution is 2.22. The number of aryl methyl sites for hydroxylation is 1. The van der Waals surface area contributed by atoms with Gasteiger partial charge < -0.3 is 5.11 Å².